The molecule has 10 nitrogen and oxygen atoms in total. The van der Waals surface area contributed by atoms with Crippen LogP contribution in [0.3, 0.4) is 0 Å². The molecule has 3 amide bonds. The summed E-state index contributed by atoms with van der Waals surface area (Å²) in [7, 11) is 0. The highest BCUT2D eigenvalue weighted by Gasteiger charge is 2.31. The van der Waals surface area contributed by atoms with E-state index in [-0.39, 0.29) is 31.4 Å². The quantitative estimate of drug-likeness (QED) is 0.190. The normalized spacial score (nSPS) is 15.1. The fraction of sp³-hybridized carbons (Fsp3) is 0.421. The molecule has 1 saturated heterocycles. The van der Waals surface area contributed by atoms with Crippen molar-refractivity contribution in [3.63, 3.8) is 0 Å². The predicted octanol–water partition coefficient (Wildman–Crippen LogP) is 3.44. The van der Waals surface area contributed by atoms with E-state index in [4.69, 9.17) is 9.47 Å². The number of esters is 1. The lowest BCUT2D eigenvalue weighted by Gasteiger charge is -2.28. The molecule has 3 N–H and O–H groups in total. The first-order chi connectivity index (χ1) is 23.3. The maximum absolute atomic E-state index is 13.8. The summed E-state index contributed by atoms with van der Waals surface area (Å²) >= 11 is 0. The van der Waals surface area contributed by atoms with Crippen molar-refractivity contribution in [3.8, 4) is 0 Å². The number of nitrogens with zero attached hydrogens (tertiary/aromatic N) is 1. The van der Waals surface area contributed by atoms with Crippen LogP contribution in [0.2, 0.25) is 0 Å². The first-order valence-corrected chi connectivity index (χ1v) is 16.8. The van der Waals surface area contributed by atoms with Crippen LogP contribution in [-0.4, -0.2) is 79.6 Å². The molecule has 1 fully saturated rings. The molecule has 48 heavy (non-hydrogen) atoms. The zero-order chi connectivity index (χ0) is 34.1. The van der Waals surface area contributed by atoms with Gasteiger partial charge in [0.15, 0.2) is 0 Å². The third-order valence-corrected chi connectivity index (χ3v) is 8.13. The molecule has 0 bridgehead atoms. The Hall–Kier alpha value is -4.54. The Kier molecular flexibility index (Phi) is 14.6. The summed E-state index contributed by atoms with van der Waals surface area (Å²) in [6.07, 6.45) is 1.47. The average Bonchev–Trinajstić information content (AvgIpc) is 3.10. The Morgan fingerprint density at radius 3 is 1.85 bits per heavy atom. The number of carbonyl (C=O) groups is 4. The highest BCUT2D eigenvalue weighted by atomic mass is 16.5. The summed E-state index contributed by atoms with van der Waals surface area (Å²) in [5.41, 5.74) is 2.72. The summed E-state index contributed by atoms with van der Waals surface area (Å²) in [4.78, 5) is 56.1. The molecule has 1 heterocycles. The first kappa shape index (κ1) is 36.3. The Morgan fingerprint density at radius 2 is 1.25 bits per heavy atom. The predicted molar refractivity (Wildman–Crippen MR) is 184 cm³/mol. The molecule has 10 heteroatoms. The molecule has 1 aliphatic heterocycles. The van der Waals surface area contributed by atoms with Crippen LogP contribution in [0.4, 0.5) is 0 Å². The van der Waals surface area contributed by atoms with E-state index in [1.807, 2.05) is 110 Å². The van der Waals surface area contributed by atoms with Crippen molar-refractivity contribution >= 4 is 23.7 Å². The largest absolute Gasteiger partial charge is 0.459 e. The third-order valence-electron chi connectivity index (χ3n) is 8.13. The van der Waals surface area contributed by atoms with Crippen LogP contribution in [0.1, 0.15) is 43.4 Å². The van der Waals surface area contributed by atoms with Crippen molar-refractivity contribution in [3.05, 3.63) is 108 Å². The highest BCUT2D eigenvalue weighted by molar-refractivity contribution is 5.93. The molecule has 0 aromatic heterocycles. The summed E-state index contributed by atoms with van der Waals surface area (Å²) in [6.45, 7) is 6.54. The van der Waals surface area contributed by atoms with Gasteiger partial charge in [-0.3, -0.25) is 19.3 Å². The highest BCUT2D eigenvalue weighted by Crippen LogP contribution is 2.12. The summed E-state index contributed by atoms with van der Waals surface area (Å²) < 4.78 is 11.0. The number of amides is 3. The maximum Gasteiger partial charge on any atom is 0.329 e. The zero-order valence-electron chi connectivity index (χ0n) is 27.9. The topological polar surface area (TPSA) is 126 Å². The Balaban J connectivity index is 1.46. The molecule has 256 valence electrons. The van der Waals surface area contributed by atoms with Gasteiger partial charge in [0.1, 0.15) is 24.7 Å². The van der Waals surface area contributed by atoms with Gasteiger partial charge in [0.05, 0.1) is 19.8 Å². The summed E-state index contributed by atoms with van der Waals surface area (Å²) in [6, 6.07) is 25.7. The van der Waals surface area contributed by atoms with Crippen molar-refractivity contribution < 1.29 is 28.7 Å². The van der Waals surface area contributed by atoms with Crippen molar-refractivity contribution in [2.75, 3.05) is 32.8 Å². The minimum absolute atomic E-state index is 0.0531. The van der Waals surface area contributed by atoms with Gasteiger partial charge in [0.25, 0.3) is 0 Å². The fourth-order valence-electron chi connectivity index (χ4n) is 5.55. The standard InChI is InChI=1S/C38H48N4O6/c1-28(2)24-33(37(45)41-34(25-30-14-8-4-9-15-30)38(46)48-27-31-16-10-5-11-17-31)40-36(44)32(19-18-29-12-6-3-7-13-29)39-35(43)26-42-20-22-47-23-21-42/h3-17,28,32-34H,18-27H2,1-2H3,(H,39,43)(H,40,44)(H,41,45). The van der Waals surface area contributed by atoms with E-state index >= 15 is 0 Å². The van der Waals surface area contributed by atoms with Gasteiger partial charge in [-0.15, -0.1) is 0 Å². The van der Waals surface area contributed by atoms with Crippen LogP contribution in [0.5, 0.6) is 0 Å². The molecule has 1 aliphatic rings. The molecular weight excluding hydrogens is 608 g/mol. The minimum atomic E-state index is -0.975. The second-order valence-corrected chi connectivity index (χ2v) is 12.6. The number of rotatable bonds is 17. The fourth-order valence-corrected chi connectivity index (χ4v) is 5.55. The average molecular weight is 657 g/mol. The zero-order valence-corrected chi connectivity index (χ0v) is 27.9. The number of hydrogen-bond donors (Lipinski definition) is 3. The van der Waals surface area contributed by atoms with E-state index in [1.54, 1.807) is 0 Å². The summed E-state index contributed by atoms with van der Waals surface area (Å²) in [5, 5.41) is 8.69. The van der Waals surface area contributed by atoms with Crippen molar-refractivity contribution in [2.45, 2.75) is 64.3 Å². The van der Waals surface area contributed by atoms with Gasteiger partial charge in [-0.25, -0.2) is 4.79 Å². The van der Waals surface area contributed by atoms with Crippen molar-refractivity contribution in [1.29, 1.82) is 0 Å². The van der Waals surface area contributed by atoms with Crippen LogP contribution >= 0.6 is 0 Å². The molecule has 0 saturated carbocycles. The number of aryl methyl sites for hydroxylation is 1. The van der Waals surface area contributed by atoms with Gasteiger partial charge in [-0.1, -0.05) is 105 Å². The van der Waals surface area contributed by atoms with Crippen LogP contribution in [0, 0.1) is 5.92 Å². The second-order valence-electron chi connectivity index (χ2n) is 12.6. The molecule has 0 radical (unpaired) electrons. The van der Waals surface area contributed by atoms with E-state index in [2.05, 4.69) is 16.0 Å². The molecule has 0 aliphatic carbocycles. The lowest BCUT2D eigenvalue weighted by molar-refractivity contribution is -0.149. The van der Waals surface area contributed by atoms with Gasteiger partial charge >= 0.3 is 5.97 Å². The second kappa shape index (κ2) is 19.3. The van der Waals surface area contributed by atoms with Gasteiger partial charge in [0.2, 0.25) is 17.7 Å². The van der Waals surface area contributed by atoms with Gasteiger partial charge in [-0.05, 0) is 41.9 Å². The molecule has 4 rings (SSSR count). The number of ether oxygens (including phenoxy) is 2. The van der Waals surface area contributed by atoms with Crippen LogP contribution in [0.15, 0.2) is 91.0 Å². The van der Waals surface area contributed by atoms with Crippen LogP contribution < -0.4 is 16.0 Å². The maximum atomic E-state index is 13.8. The van der Waals surface area contributed by atoms with E-state index in [9.17, 15) is 19.2 Å². The van der Waals surface area contributed by atoms with Crippen molar-refractivity contribution in [2.24, 2.45) is 5.92 Å². The molecule has 3 atom stereocenters. The van der Waals surface area contributed by atoms with Gasteiger partial charge < -0.3 is 25.4 Å². The molecule has 3 aromatic rings. The SMILES string of the molecule is CC(C)CC(NC(=O)C(CCc1ccccc1)NC(=O)CN1CCOCC1)C(=O)NC(Cc1ccccc1)C(=O)OCc1ccccc1. The number of carbonyl (C=O) groups excluding carboxylic acids is 4. The smallest absolute Gasteiger partial charge is 0.329 e. The van der Waals surface area contributed by atoms with Crippen LogP contribution in [0.25, 0.3) is 0 Å². The van der Waals surface area contributed by atoms with Crippen LogP contribution in [-0.2, 0) is 48.1 Å². The molecule has 0 spiro atoms. The Morgan fingerprint density at radius 1 is 0.708 bits per heavy atom. The lowest BCUT2D eigenvalue weighted by Crippen LogP contribution is -2.57. The monoisotopic (exact) mass is 656 g/mol. The number of hydrogen-bond acceptors (Lipinski definition) is 7. The number of morpholine rings is 1. The number of nitrogens with one attached hydrogen (secondary N) is 3. The Bertz CT molecular complexity index is 1430. The van der Waals surface area contributed by atoms with Gasteiger partial charge in [-0.2, -0.15) is 0 Å². The van der Waals surface area contributed by atoms with E-state index in [1.165, 1.54) is 0 Å². The molecule has 3 aromatic carbocycles. The molecular formula is C38H48N4O6. The summed E-state index contributed by atoms with van der Waals surface area (Å²) in [5.74, 6) is -1.72. The number of benzene rings is 3. The molecule has 3 unspecified atom stereocenters. The lowest BCUT2D eigenvalue weighted by atomic mass is 10.00. The van der Waals surface area contributed by atoms with Crippen molar-refractivity contribution in [1.82, 2.24) is 20.9 Å². The van der Waals surface area contributed by atoms with E-state index < -0.39 is 35.9 Å². The third kappa shape index (κ3) is 12.6. The minimum Gasteiger partial charge on any atom is -0.459 e. The first-order valence-electron chi connectivity index (χ1n) is 16.8. The Labute approximate surface area is 283 Å². The van der Waals surface area contributed by atoms with Gasteiger partial charge in [0, 0.05) is 19.5 Å². The van der Waals surface area contributed by atoms with E-state index in [0.29, 0.717) is 45.6 Å². The van der Waals surface area contributed by atoms with E-state index in [0.717, 1.165) is 16.7 Å².